The van der Waals surface area contributed by atoms with Crippen LogP contribution in [0.3, 0.4) is 0 Å². The van der Waals surface area contributed by atoms with Gasteiger partial charge in [0.05, 0.1) is 6.61 Å². The molecule has 1 rings (SSSR count). The van der Waals surface area contributed by atoms with Crippen molar-refractivity contribution in [2.45, 2.75) is 0 Å². The third-order valence-corrected chi connectivity index (χ3v) is 0.860. The van der Waals surface area contributed by atoms with Gasteiger partial charge in [0.2, 0.25) is 0 Å². The summed E-state index contributed by atoms with van der Waals surface area (Å²) in [5.74, 6) is -2.14. The monoisotopic (exact) mass is 231 g/mol. The number of hydrogen-bond acceptors (Lipinski definition) is 6. The number of carboxylic acid groups (broad SMARTS) is 1. The van der Waals surface area contributed by atoms with Crippen LogP contribution in [0.1, 0.15) is 0 Å². The molecule has 0 aromatic carbocycles. The minimum atomic E-state index is -0.981. The van der Waals surface area contributed by atoms with Crippen molar-refractivity contribution in [1.29, 1.82) is 0 Å². The van der Waals surface area contributed by atoms with E-state index >= 15 is 0 Å². The van der Waals surface area contributed by atoms with E-state index in [1.165, 1.54) is 0 Å². The van der Waals surface area contributed by atoms with E-state index < -0.39 is 17.9 Å². The summed E-state index contributed by atoms with van der Waals surface area (Å²) in [5.41, 5.74) is 4.78. The quantitative estimate of drug-likeness (QED) is 0.310. The molecule has 0 aliphatic carbocycles. The molecule has 0 atom stereocenters. The van der Waals surface area contributed by atoms with Crippen LogP contribution in [0, 0.1) is 0 Å². The lowest BCUT2D eigenvalue weighted by atomic mass is 10.6. The summed E-state index contributed by atoms with van der Waals surface area (Å²) < 4.78 is 3.97. The number of carbonyl (C=O) groups excluding carboxylic acids is 2. The van der Waals surface area contributed by atoms with Gasteiger partial charge in [-0.15, -0.1) is 0 Å². The molecule has 90 valence electrons. The molecule has 0 unspecified atom stereocenters. The first-order valence-corrected chi connectivity index (χ1v) is 4.08. The lowest BCUT2D eigenvalue weighted by Crippen LogP contribution is -2.02. The normalized spacial score (nSPS) is 11.6. The molecule has 1 heterocycles. The number of hydrogen-bond donors (Lipinski definition) is 3. The summed E-state index contributed by atoms with van der Waals surface area (Å²) >= 11 is 0. The van der Waals surface area contributed by atoms with Crippen molar-refractivity contribution in [3.8, 4) is 0 Å². The number of rotatable bonds is 2. The molecule has 1 aliphatic rings. The van der Waals surface area contributed by atoms with E-state index in [0.717, 1.165) is 18.2 Å². The van der Waals surface area contributed by atoms with Gasteiger partial charge in [-0.1, -0.05) is 6.58 Å². The fourth-order valence-corrected chi connectivity index (χ4v) is 0.303. The highest BCUT2D eigenvalue weighted by Gasteiger charge is 2.10. The molecule has 1 aliphatic heterocycles. The van der Waals surface area contributed by atoms with Gasteiger partial charge in [0.1, 0.15) is 0 Å². The van der Waals surface area contributed by atoms with Crippen LogP contribution in [-0.4, -0.2) is 41.3 Å². The summed E-state index contributed by atoms with van der Waals surface area (Å²) in [6.45, 7) is 3.43. The molecule has 16 heavy (non-hydrogen) atoms. The summed E-state index contributed by atoms with van der Waals surface area (Å²) in [6.07, 6.45) is 3.00. The summed E-state index contributed by atoms with van der Waals surface area (Å²) in [6, 6.07) is 0. The molecule has 0 saturated carbocycles. The smallest absolute Gasteiger partial charge is 0.338 e. The summed E-state index contributed by atoms with van der Waals surface area (Å²) in [5, 5.41) is 15.4. The number of nitrogens with two attached hydrogens (primary N) is 1. The van der Waals surface area contributed by atoms with Crippen LogP contribution < -0.4 is 5.73 Å². The van der Waals surface area contributed by atoms with Crippen LogP contribution in [0.2, 0.25) is 0 Å². The van der Waals surface area contributed by atoms with Crippen LogP contribution >= 0.6 is 0 Å². The van der Waals surface area contributed by atoms with Crippen molar-refractivity contribution in [2.75, 3.05) is 13.2 Å². The zero-order valence-electron chi connectivity index (χ0n) is 8.46. The van der Waals surface area contributed by atoms with Gasteiger partial charge in [0.25, 0.3) is 0 Å². The molecular weight excluding hydrogens is 218 g/mol. The average molecular weight is 231 g/mol. The predicted octanol–water partition coefficient (Wildman–Crippen LogP) is -1.18. The van der Waals surface area contributed by atoms with E-state index in [-0.39, 0.29) is 6.61 Å². The van der Waals surface area contributed by atoms with Gasteiger partial charge in [0.15, 0.2) is 0 Å². The maximum absolute atomic E-state index is 9.92. The largest absolute Gasteiger partial charge is 0.478 e. The van der Waals surface area contributed by atoms with Crippen molar-refractivity contribution in [3.63, 3.8) is 0 Å². The van der Waals surface area contributed by atoms with Gasteiger partial charge >= 0.3 is 17.9 Å². The highest BCUT2D eigenvalue weighted by atomic mass is 16.6. The average Bonchev–Trinajstić information content (AvgIpc) is 2.63. The Kier molecular flexibility index (Phi) is 11.4. The van der Waals surface area contributed by atoms with E-state index in [0.29, 0.717) is 6.54 Å². The standard InChI is InChI=1S/C4H2O3.C3H4O2.C2H7NO/c5-3-1-2-4(6)7-3;1-2-3(4)5;3-1-2-4/h1-2H;2H,1H2,(H,4,5);4H,1-3H2. The first-order valence-electron chi connectivity index (χ1n) is 4.08. The van der Waals surface area contributed by atoms with Crippen molar-refractivity contribution < 1.29 is 29.3 Å². The maximum Gasteiger partial charge on any atom is 0.338 e. The van der Waals surface area contributed by atoms with E-state index in [1.807, 2.05) is 0 Å². The Balaban J connectivity index is 0. The molecule has 0 aromatic rings. The lowest BCUT2D eigenvalue weighted by Gasteiger charge is -1.80. The number of esters is 2. The number of carbonyl (C=O) groups is 3. The second-order valence-electron chi connectivity index (χ2n) is 2.13. The second-order valence-corrected chi connectivity index (χ2v) is 2.13. The number of aliphatic hydroxyl groups excluding tert-OH is 1. The summed E-state index contributed by atoms with van der Waals surface area (Å²) in [7, 11) is 0. The molecular formula is C9H13NO6. The SMILES string of the molecule is C=CC(=O)O.NCCO.O=C1C=CC(=O)O1. The van der Waals surface area contributed by atoms with Crippen LogP contribution in [0.15, 0.2) is 24.8 Å². The van der Waals surface area contributed by atoms with Gasteiger partial charge in [0, 0.05) is 24.8 Å². The van der Waals surface area contributed by atoms with Crippen molar-refractivity contribution in [3.05, 3.63) is 24.8 Å². The van der Waals surface area contributed by atoms with Gasteiger partial charge in [-0.3, -0.25) is 0 Å². The number of aliphatic hydroxyl groups is 1. The predicted molar refractivity (Wildman–Crippen MR) is 54.2 cm³/mol. The molecule has 0 bridgehead atoms. The first-order chi connectivity index (χ1) is 7.47. The first kappa shape index (κ1) is 16.4. The molecule has 4 N–H and O–H groups in total. The molecule has 0 spiro atoms. The van der Waals surface area contributed by atoms with Crippen molar-refractivity contribution >= 4 is 17.9 Å². The Morgan fingerprint density at radius 1 is 1.44 bits per heavy atom. The van der Waals surface area contributed by atoms with E-state index in [1.54, 1.807) is 0 Å². The topological polar surface area (TPSA) is 127 Å². The fourth-order valence-electron chi connectivity index (χ4n) is 0.303. The van der Waals surface area contributed by atoms with Crippen LogP contribution in [0.4, 0.5) is 0 Å². The van der Waals surface area contributed by atoms with Gasteiger partial charge in [-0.2, -0.15) is 0 Å². The van der Waals surface area contributed by atoms with Crippen molar-refractivity contribution in [2.24, 2.45) is 5.73 Å². The van der Waals surface area contributed by atoms with Crippen LogP contribution in [-0.2, 0) is 19.1 Å². The Morgan fingerprint density at radius 2 is 1.75 bits per heavy atom. The number of carboxylic acids is 1. The zero-order chi connectivity index (χ0) is 13.0. The zero-order valence-corrected chi connectivity index (χ0v) is 8.46. The highest BCUT2D eigenvalue weighted by molar-refractivity contribution is 6.04. The molecule has 0 amide bonds. The van der Waals surface area contributed by atoms with Gasteiger partial charge in [-0.25, -0.2) is 14.4 Å². The minimum Gasteiger partial charge on any atom is -0.478 e. The Morgan fingerprint density at radius 3 is 1.81 bits per heavy atom. The highest BCUT2D eigenvalue weighted by Crippen LogP contribution is 1.92. The third kappa shape index (κ3) is 14.5. The van der Waals surface area contributed by atoms with E-state index in [9.17, 15) is 14.4 Å². The van der Waals surface area contributed by atoms with Gasteiger partial charge < -0.3 is 20.7 Å². The molecule has 7 heteroatoms. The number of cyclic esters (lactones) is 2. The Labute approximate surface area is 91.8 Å². The molecule has 0 aromatic heterocycles. The lowest BCUT2D eigenvalue weighted by molar-refractivity contribution is -0.150. The third-order valence-electron chi connectivity index (χ3n) is 0.860. The molecule has 0 fully saturated rings. The van der Waals surface area contributed by atoms with Crippen LogP contribution in [0.25, 0.3) is 0 Å². The Bertz CT molecular complexity index is 266. The summed E-state index contributed by atoms with van der Waals surface area (Å²) in [4.78, 5) is 29.1. The maximum atomic E-state index is 9.92. The molecule has 0 radical (unpaired) electrons. The second kappa shape index (κ2) is 11.1. The fraction of sp³-hybridized carbons (Fsp3) is 0.222. The van der Waals surface area contributed by atoms with Gasteiger partial charge in [-0.05, 0) is 0 Å². The Hall–Kier alpha value is -1.99. The number of ether oxygens (including phenoxy) is 1. The minimum absolute atomic E-state index is 0.0972. The van der Waals surface area contributed by atoms with Crippen molar-refractivity contribution in [1.82, 2.24) is 0 Å². The number of aliphatic carboxylic acids is 1. The molecule has 7 nitrogen and oxygen atoms in total. The van der Waals surface area contributed by atoms with E-state index in [2.05, 4.69) is 11.3 Å². The molecule has 0 saturated heterocycles. The van der Waals surface area contributed by atoms with Crippen LogP contribution in [0.5, 0.6) is 0 Å². The van der Waals surface area contributed by atoms with E-state index in [4.69, 9.17) is 15.9 Å².